The standard InChI is InChI=1S/C14H16N2O2/c1-10-4-6-12(7-5-10)14(3,13(17)18)16-9-8-15-11(16)2/h4-9H,1-3H3,(H,17,18). The molecule has 1 heterocycles. The van der Waals surface area contributed by atoms with Crippen LogP contribution in [0.2, 0.25) is 0 Å². The third-order valence-electron chi connectivity index (χ3n) is 3.34. The van der Waals surface area contributed by atoms with Gasteiger partial charge in [-0.1, -0.05) is 29.8 Å². The van der Waals surface area contributed by atoms with E-state index < -0.39 is 11.5 Å². The zero-order valence-electron chi connectivity index (χ0n) is 10.7. The van der Waals surface area contributed by atoms with Crippen LogP contribution in [0.15, 0.2) is 36.7 Å². The summed E-state index contributed by atoms with van der Waals surface area (Å²) in [7, 11) is 0. The number of imidazole rings is 1. The van der Waals surface area contributed by atoms with E-state index in [1.807, 2.05) is 31.2 Å². The molecule has 0 aliphatic heterocycles. The average molecular weight is 244 g/mol. The predicted molar refractivity (Wildman–Crippen MR) is 68.5 cm³/mol. The van der Waals surface area contributed by atoms with Crippen molar-refractivity contribution in [2.45, 2.75) is 26.3 Å². The molecule has 4 heteroatoms. The van der Waals surface area contributed by atoms with Gasteiger partial charge in [0, 0.05) is 12.4 Å². The molecule has 0 fully saturated rings. The van der Waals surface area contributed by atoms with Crippen LogP contribution in [0.4, 0.5) is 0 Å². The van der Waals surface area contributed by atoms with Crippen LogP contribution in [0.3, 0.4) is 0 Å². The maximum atomic E-state index is 11.7. The number of aliphatic carboxylic acids is 1. The van der Waals surface area contributed by atoms with Gasteiger partial charge in [0.15, 0.2) is 5.54 Å². The van der Waals surface area contributed by atoms with Crippen LogP contribution in [0.5, 0.6) is 0 Å². The largest absolute Gasteiger partial charge is 0.479 e. The highest BCUT2D eigenvalue weighted by atomic mass is 16.4. The lowest BCUT2D eigenvalue weighted by Gasteiger charge is -2.28. The van der Waals surface area contributed by atoms with Crippen LogP contribution in [0, 0.1) is 13.8 Å². The average Bonchev–Trinajstić information content (AvgIpc) is 2.75. The maximum Gasteiger partial charge on any atom is 0.334 e. The fraction of sp³-hybridized carbons (Fsp3) is 0.286. The summed E-state index contributed by atoms with van der Waals surface area (Å²) < 4.78 is 1.68. The summed E-state index contributed by atoms with van der Waals surface area (Å²) in [4.78, 5) is 15.8. The molecule has 0 saturated carbocycles. The van der Waals surface area contributed by atoms with Gasteiger partial charge in [-0.15, -0.1) is 0 Å². The second-order valence-corrected chi connectivity index (χ2v) is 4.59. The third kappa shape index (κ3) is 1.79. The second kappa shape index (κ2) is 4.29. The molecule has 0 aliphatic rings. The fourth-order valence-corrected chi connectivity index (χ4v) is 2.09. The summed E-state index contributed by atoms with van der Waals surface area (Å²) in [6.45, 7) is 5.47. The van der Waals surface area contributed by atoms with Gasteiger partial charge in [0.1, 0.15) is 5.82 Å². The molecule has 1 unspecified atom stereocenters. The Kier molecular flexibility index (Phi) is 2.95. The van der Waals surface area contributed by atoms with Crippen molar-refractivity contribution in [1.29, 1.82) is 0 Å². The summed E-state index contributed by atoms with van der Waals surface area (Å²) in [5, 5.41) is 9.60. The van der Waals surface area contributed by atoms with E-state index in [2.05, 4.69) is 4.98 Å². The molecule has 94 valence electrons. The van der Waals surface area contributed by atoms with Gasteiger partial charge in [-0.25, -0.2) is 9.78 Å². The number of carboxylic acid groups (broad SMARTS) is 1. The summed E-state index contributed by atoms with van der Waals surface area (Å²) in [6.07, 6.45) is 3.31. The molecule has 0 amide bonds. The van der Waals surface area contributed by atoms with Crippen LogP contribution in [0.1, 0.15) is 23.9 Å². The Hall–Kier alpha value is -2.10. The van der Waals surface area contributed by atoms with Crippen LogP contribution in [-0.2, 0) is 10.3 Å². The monoisotopic (exact) mass is 244 g/mol. The molecule has 18 heavy (non-hydrogen) atoms. The van der Waals surface area contributed by atoms with Crippen molar-refractivity contribution in [3.63, 3.8) is 0 Å². The van der Waals surface area contributed by atoms with E-state index in [1.165, 1.54) is 0 Å². The molecule has 0 spiro atoms. The highest BCUT2D eigenvalue weighted by Gasteiger charge is 2.37. The minimum Gasteiger partial charge on any atom is -0.479 e. The first kappa shape index (κ1) is 12.4. The molecule has 2 aromatic rings. The van der Waals surface area contributed by atoms with Crippen molar-refractivity contribution in [3.8, 4) is 0 Å². The zero-order chi connectivity index (χ0) is 13.3. The van der Waals surface area contributed by atoms with Crippen LogP contribution in [-0.4, -0.2) is 20.6 Å². The lowest BCUT2D eigenvalue weighted by molar-refractivity contribution is -0.144. The number of hydrogen-bond donors (Lipinski definition) is 1. The van der Waals surface area contributed by atoms with E-state index in [9.17, 15) is 9.90 Å². The summed E-state index contributed by atoms with van der Waals surface area (Å²) in [5.74, 6) is -0.215. The molecule has 1 atom stereocenters. The van der Waals surface area contributed by atoms with Gasteiger partial charge in [0.05, 0.1) is 0 Å². The Balaban J connectivity index is 2.62. The van der Waals surface area contributed by atoms with Crippen molar-refractivity contribution >= 4 is 5.97 Å². The number of carbonyl (C=O) groups is 1. The second-order valence-electron chi connectivity index (χ2n) is 4.59. The van der Waals surface area contributed by atoms with Crippen molar-refractivity contribution < 1.29 is 9.90 Å². The van der Waals surface area contributed by atoms with E-state index in [4.69, 9.17) is 0 Å². The first-order valence-electron chi connectivity index (χ1n) is 5.77. The molecule has 0 bridgehead atoms. The van der Waals surface area contributed by atoms with Gasteiger partial charge in [-0.05, 0) is 26.3 Å². The Bertz CT molecular complexity index is 572. The number of aryl methyl sites for hydroxylation is 2. The van der Waals surface area contributed by atoms with Gasteiger partial charge in [0.25, 0.3) is 0 Å². The first-order valence-corrected chi connectivity index (χ1v) is 5.77. The van der Waals surface area contributed by atoms with E-state index in [0.717, 1.165) is 11.1 Å². The molecule has 2 rings (SSSR count). The van der Waals surface area contributed by atoms with Gasteiger partial charge in [-0.2, -0.15) is 0 Å². The van der Waals surface area contributed by atoms with Crippen molar-refractivity contribution in [1.82, 2.24) is 9.55 Å². The predicted octanol–water partition coefficient (Wildman–Crippen LogP) is 2.35. The number of benzene rings is 1. The molecular weight excluding hydrogens is 228 g/mol. The zero-order valence-corrected chi connectivity index (χ0v) is 10.7. The minimum absolute atomic E-state index is 0.681. The minimum atomic E-state index is -1.13. The number of nitrogens with zero attached hydrogens (tertiary/aromatic N) is 2. The smallest absolute Gasteiger partial charge is 0.334 e. The topological polar surface area (TPSA) is 55.1 Å². The van der Waals surface area contributed by atoms with Crippen molar-refractivity contribution in [2.75, 3.05) is 0 Å². The van der Waals surface area contributed by atoms with Crippen molar-refractivity contribution in [2.24, 2.45) is 0 Å². The summed E-state index contributed by atoms with van der Waals surface area (Å²) in [5.41, 5.74) is 0.712. The SMILES string of the molecule is Cc1ccc(C(C)(C(=O)O)n2ccnc2C)cc1. The number of rotatable bonds is 3. The molecule has 0 aliphatic carbocycles. The molecule has 1 aromatic heterocycles. The van der Waals surface area contributed by atoms with E-state index in [0.29, 0.717) is 5.82 Å². The van der Waals surface area contributed by atoms with Gasteiger partial charge >= 0.3 is 5.97 Å². The normalized spacial score (nSPS) is 14.2. The Morgan fingerprint density at radius 2 is 1.89 bits per heavy atom. The number of carboxylic acids is 1. The Morgan fingerprint density at radius 1 is 1.28 bits per heavy atom. The van der Waals surface area contributed by atoms with Gasteiger partial charge in [-0.3, -0.25) is 0 Å². The van der Waals surface area contributed by atoms with Crippen molar-refractivity contribution in [3.05, 3.63) is 53.6 Å². The molecule has 1 N–H and O–H groups in total. The highest BCUT2D eigenvalue weighted by Crippen LogP contribution is 2.27. The highest BCUT2D eigenvalue weighted by molar-refractivity contribution is 5.81. The lowest BCUT2D eigenvalue weighted by Crippen LogP contribution is -2.40. The molecule has 0 saturated heterocycles. The Labute approximate surface area is 106 Å². The Morgan fingerprint density at radius 3 is 2.33 bits per heavy atom. The number of aromatic nitrogens is 2. The first-order chi connectivity index (χ1) is 8.46. The maximum absolute atomic E-state index is 11.7. The van der Waals surface area contributed by atoms with E-state index in [1.54, 1.807) is 30.8 Å². The lowest BCUT2D eigenvalue weighted by atomic mass is 9.91. The van der Waals surface area contributed by atoms with E-state index >= 15 is 0 Å². The van der Waals surface area contributed by atoms with Crippen LogP contribution >= 0.6 is 0 Å². The van der Waals surface area contributed by atoms with Gasteiger partial charge in [0.2, 0.25) is 0 Å². The van der Waals surface area contributed by atoms with Gasteiger partial charge < -0.3 is 9.67 Å². The van der Waals surface area contributed by atoms with E-state index in [-0.39, 0.29) is 0 Å². The molecule has 1 aromatic carbocycles. The number of hydrogen-bond acceptors (Lipinski definition) is 2. The molecule has 0 radical (unpaired) electrons. The fourth-order valence-electron chi connectivity index (χ4n) is 2.09. The quantitative estimate of drug-likeness (QED) is 0.901. The summed E-state index contributed by atoms with van der Waals surface area (Å²) in [6, 6.07) is 7.54. The molecular formula is C14H16N2O2. The third-order valence-corrected chi connectivity index (χ3v) is 3.34. The summed E-state index contributed by atoms with van der Waals surface area (Å²) >= 11 is 0. The molecule has 4 nitrogen and oxygen atoms in total. The van der Waals surface area contributed by atoms with Crippen LogP contribution in [0.25, 0.3) is 0 Å². The van der Waals surface area contributed by atoms with Crippen LogP contribution < -0.4 is 0 Å².